The second-order valence-corrected chi connectivity index (χ2v) is 6.20. The Balaban J connectivity index is 1.64. The van der Waals surface area contributed by atoms with Crippen LogP contribution in [0.3, 0.4) is 0 Å². The number of carbonyl (C=O) groups is 1. The van der Waals surface area contributed by atoms with Crippen molar-refractivity contribution in [1.82, 2.24) is 0 Å². The van der Waals surface area contributed by atoms with Crippen LogP contribution in [0, 0.1) is 0 Å². The van der Waals surface area contributed by atoms with E-state index in [1.165, 1.54) is 17.5 Å². The Hall–Kier alpha value is -2.87. The molecule has 0 heterocycles. The van der Waals surface area contributed by atoms with Crippen molar-refractivity contribution in [1.29, 1.82) is 0 Å². The minimum atomic E-state index is -0.0626. The van der Waals surface area contributed by atoms with Gasteiger partial charge in [0.2, 0.25) is 0 Å². The van der Waals surface area contributed by atoms with E-state index in [9.17, 15) is 4.79 Å². The zero-order valence-electron chi connectivity index (χ0n) is 13.5. The summed E-state index contributed by atoms with van der Waals surface area (Å²) in [7, 11) is 0. The molecule has 0 atom stereocenters. The molecule has 24 heavy (non-hydrogen) atoms. The largest absolute Gasteiger partial charge is 0.322 e. The smallest absolute Gasteiger partial charge is 0.256 e. The molecule has 0 aliphatic heterocycles. The molecule has 0 saturated heterocycles. The van der Waals surface area contributed by atoms with E-state index < -0.39 is 0 Å². The first-order valence-corrected chi connectivity index (χ1v) is 8.39. The van der Waals surface area contributed by atoms with Crippen molar-refractivity contribution >= 4 is 11.6 Å². The predicted molar refractivity (Wildman–Crippen MR) is 98.3 cm³/mol. The molecule has 0 saturated carbocycles. The van der Waals surface area contributed by atoms with Gasteiger partial charge in [-0.05, 0) is 59.7 Å². The molecule has 0 bridgehead atoms. The van der Waals surface area contributed by atoms with Crippen molar-refractivity contribution in [3.63, 3.8) is 0 Å². The highest BCUT2D eigenvalue weighted by Gasteiger charge is 2.15. The van der Waals surface area contributed by atoms with Gasteiger partial charge >= 0.3 is 0 Å². The summed E-state index contributed by atoms with van der Waals surface area (Å²) in [5, 5.41) is 3.06. The van der Waals surface area contributed by atoms with Gasteiger partial charge in [0.25, 0.3) is 5.91 Å². The third kappa shape index (κ3) is 2.83. The molecule has 0 radical (unpaired) electrons. The molecule has 3 aromatic carbocycles. The lowest BCUT2D eigenvalue weighted by Gasteiger charge is -2.11. The number of amides is 1. The summed E-state index contributed by atoms with van der Waals surface area (Å²) < 4.78 is 0. The molecule has 0 aromatic heterocycles. The molecule has 1 N–H and O–H groups in total. The molecule has 0 fully saturated rings. The van der Waals surface area contributed by atoms with Crippen molar-refractivity contribution < 1.29 is 4.79 Å². The standard InChI is InChI=1S/C22H19NO/c24-22(23-19-14-13-16-9-6-10-18(16)15-19)21-12-5-4-11-20(21)17-7-2-1-3-8-17/h1-5,7-8,11-15H,6,9-10H2,(H,23,24). The molecule has 1 aliphatic rings. The van der Waals surface area contributed by atoms with Crippen molar-refractivity contribution in [2.45, 2.75) is 19.3 Å². The number of carbonyl (C=O) groups excluding carboxylic acids is 1. The average Bonchev–Trinajstić information content (AvgIpc) is 3.10. The highest BCUT2D eigenvalue weighted by atomic mass is 16.1. The van der Waals surface area contributed by atoms with Gasteiger partial charge in [0.1, 0.15) is 0 Å². The summed E-state index contributed by atoms with van der Waals surface area (Å²) in [5.41, 5.74) is 6.36. The second kappa shape index (κ2) is 6.32. The van der Waals surface area contributed by atoms with Gasteiger partial charge in [-0.1, -0.05) is 54.6 Å². The summed E-state index contributed by atoms with van der Waals surface area (Å²) >= 11 is 0. The molecule has 118 valence electrons. The van der Waals surface area contributed by atoms with Gasteiger partial charge in [-0.25, -0.2) is 0 Å². The Morgan fingerprint density at radius 1 is 0.792 bits per heavy atom. The molecule has 4 rings (SSSR count). The molecule has 3 aromatic rings. The summed E-state index contributed by atoms with van der Waals surface area (Å²) in [6.45, 7) is 0. The maximum atomic E-state index is 12.8. The van der Waals surface area contributed by atoms with Crippen LogP contribution in [0.2, 0.25) is 0 Å². The number of hydrogen-bond acceptors (Lipinski definition) is 1. The molecular weight excluding hydrogens is 294 g/mol. The van der Waals surface area contributed by atoms with E-state index in [1.54, 1.807) is 0 Å². The maximum absolute atomic E-state index is 12.8. The zero-order valence-corrected chi connectivity index (χ0v) is 13.5. The zero-order chi connectivity index (χ0) is 16.4. The highest BCUT2D eigenvalue weighted by Crippen LogP contribution is 2.27. The number of rotatable bonds is 3. The van der Waals surface area contributed by atoms with Gasteiger partial charge in [-0.15, -0.1) is 0 Å². The van der Waals surface area contributed by atoms with Crippen LogP contribution >= 0.6 is 0 Å². The van der Waals surface area contributed by atoms with Crippen molar-refractivity contribution in [3.8, 4) is 11.1 Å². The third-order valence-electron chi connectivity index (χ3n) is 4.61. The van der Waals surface area contributed by atoms with Crippen LogP contribution in [0.25, 0.3) is 11.1 Å². The van der Waals surface area contributed by atoms with E-state index in [2.05, 4.69) is 17.4 Å². The minimum absolute atomic E-state index is 0.0626. The fourth-order valence-electron chi connectivity index (χ4n) is 3.40. The molecule has 2 heteroatoms. The molecule has 0 spiro atoms. The molecule has 1 amide bonds. The average molecular weight is 313 g/mol. The Bertz CT molecular complexity index is 883. The fraction of sp³-hybridized carbons (Fsp3) is 0.136. The van der Waals surface area contributed by atoms with E-state index in [4.69, 9.17) is 0 Å². The van der Waals surface area contributed by atoms with Crippen LogP contribution < -0.4 is 5.32 Å². The number of aryl methyl sites for hydroxylation is 2. The van der Waals surface area contributed by atoms with Crippen LogP contribution in [-0.4, -0.2) is 5.91 Å². The van der Waals surface area contributed by atoms with Gasteiger partial charge < -0.3 is 5.32 Å². The highest BCUT2D eigenvalue weighted by molar-refractivity contribution is 6.08. The SMILES string of the molecule is O=C(Nc1ccc2c(c1)CCC2)c1ccccc1-c1ccccc1. The van der Waals surface area contributed by atoms with Gasteiger partial charge in [0.05, 0.1) is 0 Å². The Morgan fingerprint density at radius 2 is 1.54 bits per heavy atom. The monoisotopic (exact) mass is 313 g/mol. The first-order chi connectivity index (χ1) is 11.8. The van der Waals surface area contributed by atoms with Gasteiger partial charge in [-0.3, -0.25) is 4.79 Å². The summed E-state index contributed by atoms with van der Waals surface area (Å²) in [6.07, 6.45) is 3.48. The Kier molecular flexibility index (Phi) is 3.87. The van der Waals surface area contributed by atoms with Crippen LogP contribution in [0.4, 0.5) is 5.69 Å². The second-order valence-electron chi connectivity index (χ2n) is 6.20. The number of benzene rings is 3. The summed E-state index contributed by atoms with van der Waals surface area (Å²) in [4.78, 5) is 12.8. The van der Waals surface area contributed by atoms with Crippen LogP contribution in [-0.2, 0) is 12.8 Å². The lowest BCUT2D eigenvalue weighted by molar-refractivity contribution is 0.102. The van der Waals surface area contributed by atoms with E-state index in [-0.39, 0.29) is 5.91 Å². The lowest BCUT2D eigenvalue weighted by Crippen LogP contribution is -2.13. The number of hydrogen-bond donors (Lipinski definition) is 1. The summed E-state index contributed by atoms with van der Waals surface area (Å²) in [6, 6.07) is 24.0. The van der Waals surface area contributed by atoms with Gasteiger partial charge in [-0.2, -0.15) is 0 Å². The van der Waals surface area contributed by atoms with Crippen molar-refractivity contribution in [2.24, 2.45) is 0 Å². The number of nitrogens with one attached hydrogen (secondary N) is 1. The predicted octanol–water partition coefficient (Wildman–Crippen LogP) is 5.09. The normalized spacial score (nSPS) is 12.7. The quantitative estimate of drug-likeness (QED) is 0.716. The topological polar surface area (TPSA) is 29.1 Å². The maximum Gasteiger partial charge on any atom is 0.256 e. The van der Waals surface area contributed by atoms with E-state index in [1.807, 2.05) is 60.7 Å². The first-order valence-electron chi connectivity index (χ1n) is 8.39. The summed E-state index contributed by atoms with van der Waals surface area (Å²) in [5.74, 6) is -0.0626. The Labute approximate surface area is 142 Å². The van der Waals surface area contributed by atoms with Crippen LogP contribution in [0.5, 0.6) is 0 Å². The minimum Gasteiger partial charge on any atom is -0.322 e. The molecule has 2 nitrogen and oxygen atoms in total. The van der Waals surface area contributed by atoms with E-state index in [0.717, 1.165) is 29.7 Å². The van der Waals surface area contributed by atoms with Crippen molar-refractivity contribution in [3.05, 3.63) is 89.5 Å². The molecule has 1 aliphatic carbocycles. The van der Waals surface area contributed by atoms with E-state index in [0.29, 0.717) is 5.56 Å². The fourth-order valence-corrected chi connectivity index (χ4v) is 3.40. The first kappa shape index (κ1) is 14.7. The Morgan fingerprint density at radius 3 is 2.42 bits per heavy atom. The van der Waals surface area contributed by atoms with Gasteiger partial charge in [0.15, 0.2) is 0 Å². The number of anilines is 1. The van der Waals surface area contributed by atoms with Crippen molar-refractivity contribution in [2.75, 3.05) is 5.32 Å². The van der Waals surface area contributed by atoms with Crippen LogP contribution in [0.1, 0.15) is 27.9 Å². The lowest BCUT2D eigenvalue weighted by atomic mass is 9.99. The number of fused-ring (bicyclic) bond motifs is 1. The van der Waals surface area contributed by atoms with E-state index >= 15 is 0 Å². The van der Waals surface area contributed by atoms with Gasteiger partial charge in [0, 0.05) is 11.3 Å². The third-order valence-corrected chi connectivity index (χ3v) is 4.61. The molecular formula is C22H19NO. The molecule has 0 unspecified atom stereocenters. The van der Waals surface area contributed by atoms with Crippen LogP contribution in [0.15, 0.2) is 72.8 Å².